The van der Waals surface area contributed by atoms with E-state index in [0.717, 1.165) is 49.9 Å². The van der Waals surface area contributed by atoms with Crippen LogP contribution >= 0.6 is 0 Å². The van der Waals surface area contributed by atoms with Gasteiger partial charge in [0.1, 0.15) is 18.1 Å². The third-order valence-corrected chi connectivity index (χ3v) is 5.90. The summed E-state index contributed by atoms with van der Waals surface area (Å²) in [4.78, 5) is 4.83. The highest BCUT2D eigenvalue weighted by atomic mass is 19.1. The Morgan fingerprint density at radius 2 is 1.66 bits per heavy atom. The van der Waals surface area contributed by atoms with Gasteiger partial charge in [0, 0.05) is 32.7 Å². The first-order valence-electron chi connectivity index (χ1n) is 10.8. The van der Waals surface area contributed by atoms with Crippen LogP contribution in [-0.2, 0) is 13.1 Å². The van der Waals surface area contributed by atoms with Gasteiger partial charge < -0.3 is 4.42 Å². The van der Waals surface area contributed by atoms with Gasteiger partial charge in [0.15, 0.2) is 5.82 Å². The van der Waals surface area contributed by atoms with Crippen molar-refractivity contribution >= 4 is 0 Å². The van der Waals surface area contributed by atoms with Crippen LogP contribution in [0.2, 0.25) is 0 Å². The summed E-state index contributed by atoms with van der Waals surface area (Å²) in [6, 6.07) is 20.7. The fourth-order valence-electron chi connectivity index (χ4n) is 4.26. The number of hydrogen-bond donors (Lipinski definition) is 0. The first kappa shape index (κ1) is 20.5. The van der Waals surface area contributed by atoms with Crippen LogP contribution in [0.5, 0.6) is 0 Å². The summed E-state index contributed by atoms with van der Waals surface area (Å²) < 4.78 is 20.9. The molecule has 32 heavy (non-hydrogen) atoms. The zero-order valence-electron chi connectivity index (χ0n) is 17.7. The number of hydrogen-bond acceptors (Lipinski definition) is 6. The van der Waals surface area contributed by atoms with Gasteiger partial charge in [-0.15, -0.1) is 5.10 Å². The fourth-order valence-corrected chi connectivity index (χ4v) is 4.26. The molecule has 164 valence electrons. The first-order chi connectivity index (χ1) is 15.8. The van der Waals surface area contributed by atoms with E-state index in [4.69, 9.17) is 4.42 Å². The number of aromatic nitrogens is 4. The van der Waals surface area contributed by atoms with Gasteiger partial charge in [-0.25, -0.2) is 9.07 Å². The molecule has 0 saturated carbocycles. The second kappa shape index (κ2) is 9.42. The van der Waals surface area contributed by atoms with Crippen molar-refractivity contribution in [1.29, 1.82) is 0 Å². The lowest BCUT2D eigenvalue weighted by Gasteiger charge is -2.39. The summed E-state index contributed by atoms with van der Waals surface area (Å²) >= 11 is 0. The fraction of sp³-hybridized carbons (Fsp3) is 0.292. The van der Waals surface area contributed by atoms with Crippen LogP contribution in [0.4, 0.5) is 4.39 Å². The number of piperazine rings is 1. The van der Waals surface area contributed by atoms with Gasteiger partial charge in [-0.1, -0.05) is 42.5 Å². The SMILES string of the molecule is Fc1ccc(C(c2nnnn2Cc2ccco2)N2CCN(Cc3ccccc3)CC2)cc1. The molecule has 0 bridgehead atoms. The zero-order valence-corrected chi connectivity index (χ0v) is 17.7. The molecule has 7 nitrogen and oxygen atoms in total. The predicted molar refractivity (Wildman–Crippen MR) is 117 cm³/mol. The van der Waals surface area contributed by atoms with E-state index < -0.39 is 0 Å². The number of benzene rings is 2. The third-order valence-electron chi connectivity index (χ3n) is 5.90. The van der Waals surface area contributed by atoms with Crippen molar-refractivity contribution < 1.29 is 8.81 Å². The summed E-state index contributed by atoms with van der Waals surface area (Å²) in [7, 11) is 0. The molecule has 0 spiro atoms. The Kier molecular flexibility index (Phi) is 6.04. The number of nitrogens with zero attached hydrogens (tertiary/aromatic N) is 6. The van der Waals surface area contributed by atoms with Crippen LogP contribution < -0.4 is 0 Å². The van der Waals surface area contributed by atoms with Gasteiger partial charge in [-0.2, -0.15) is 0 Å². The predicted octanol–water partition coefficient (Wildman–Crippen LogP) is 3.36. The molecule has 0 amide bonds. The van der Waals surface area contributed by atoms with Crippen LogP contribution in [0.1, 0.15) is 28.8 Å². The highest BCUT2D eigenvalue weighted by Gasteiger charge is 2.30. The van der Waals surface area contributed by atoms with Crippen molar-refractivity contribution in [2.24, 2.45) is 0 Å². The molecular formula is C24H25FN6O. The van der Waals surface area contributed by atoms with Crippen molar-refractivity contribution in [3.8, 4) is 0 Å². The first-order valence-corrected chi connectivity index (χ1v) is 10.8. The number of tetrazole rings is 1. The Balaban J connectivity index is 1.37. The molecule has 1 unspecified atom stereocenters. The molecule has 8 heteroatoms. The van der Waals surface area contributed by atoms with Gasteiger partial charge in [0.2, 0.25) is 0 Å². The summed E-state index contributed by atoms with van der Waals surface area (Å²) in [6.07, 6.45) is 1.64. The normalized spacial score (nSPS) is 16.3. The van der Waals surface area contributed by atoms with E-state index in [1.165, 1.54) is 17.7 Å². The topological polar surface area (TPSA) is 63.2 Å². The Morgan fingerprint density at radius 1 is 0.875 bits per heavy atom. The lowest BCUT2D eigenvalue weighted by Crippen LogP contribution is -2.48. The quantitative estimate of drug-likeness (QED) is 0.446. The Bertz CT molecular complexity index is 1110. The van der Waals surface area contributed by atoms with Crippen molar-refractivity contribution in [1.82, 2.24) is 30.0 Å². The van der Waals surface area contributed by atoms with Crippen molar-refractivity contribution in [3.63, 3.8) is 0 Å². The van der Waals surface area contributed by atoms with Crippen molar-refractivity contribution in [3.05, 3.63) is 102 Å². The molecule has 1 fully saturated rings. The zero-order chi connectivity index (χ0) is 21.8. The molecule has 2 aromatic heterocycles. The van der Waals surface area contributed by atoms with Gasteiger partial charge in [-0.3, -0.25) is 9.80 Å². The summed E-state index contributed by atoms with van der Waals surface area (Å²) in [6.45, 7) is 4.98. The standard InChI is InChI=1S/C24H25FN6O/c25-21-10-8-20(9-11-21)23(24-26-27-28-31(24)18-22-7-4-16-32-22)30-14-12-29(13-15-30)17-19-5-2-1-3-6-19/h1-11,16,23H,12-15,17-18H2. The Hall–Kier alpha value is -3.36. The van der Waals surface area contributed by atoms with Crippen molar-refractivity contribution in [2.75, 3.05) is 26.2 Å². The Labute approximate surface area is 186 Å². The summed E-state index contributed by atoms with van der Waals surface area (Å²) in [5.74, 6) is 1.25. The number of furan rings is 1. The maximum atomic E-state index is 13.6. The van der Waals surface area contributed by atoms with Crippen LogP contribution in [0, 0.1) is 5.82 Å². The van der Waals surface area contributed by atoms with E-state index in [2.05, 4.69) is 49.6 Å². The molecule has 1 aliphatic heterocycles. The lowest BCUT2D eigenvalue weighted by molar-refractivity contribution is 0.100. The maximum absolute atomic E-state index is 13.6. The van der Waals surface area contributed by atoms with Gasteiger partial charge >= 0.3 is 0 Å². The lowest BCUT2D eigenvalue weighted by atomic mass is 10.0. The molecule has 1 atom stereocenters. The molecule has 5 rings (SSSR count). The highest BCUT2D eigenvalue weighted by Crippen LogP contribution is 2.29. The average Bonchev–Trinajstić information content (AvgIpc) is 3.50. The van der Waals surface area contributed by atoms with Gasteiger partial charge in [0.25, 0.3) is 0 Å². The molecule has 3 heterocycles. The van der Waals surface area contributed by atoms with E-state index in [-0.39, 0.29) is 11.9 Å². The average molecular weight is 433 g/mol. The molecule has 4 aromatic rings. The molecule has 0 N–H and O–H groups in total. The summed E-state index contributed by atoms with van der Waals surface area (Å²) in [5.41, 5.74) is 2.29. The van der Waals surface area contributed by atoms with E-state index in [1.54, 1.807) is 10.9 Å². The summed E-state index contributed by atoms with van der Waals surface area (Å²) in [5, 5.41) is 12.5. The molecular weight excluding hydrogens is 407 g/mol. The molecule has 2 aromatic carbocycles. The van der Waals surface area contributed by atoms with E-state index in [1.807, 2.05) is 30.3 Å². The minimum atomic E-state index is -0.254. The minimum absolute atomic E-state index is 0.167. The minimum Gasteiger partial charge on any atom is -0.467 e. The molecule has 0 radical (unpaired) electrons. The largest absolute Gasteiger partial charge is 0.467 e. The van der Waals surface area contributed by atoms with E-state index in [0.29, 0.717) is 6.54 Å². The molecule has 0 aliphatic carbocycles. The van der Waals surface area contributed by atoms with Crippen molar-refractivity contribution in [2.45, 2.75) is 19.1 Å². The van der Waals surface area contributed by atoms with Crippen LogP contribution in [0.15, 0.2) is 77.4 Å². The second-order valence-corrected chi connectivity index (χ2v) is 8.03. The number of halogens is 1. The van der Waals surface area contributed by atoms with Crippen LogP contribution in [0.3, 0.4) is 0 Å². The van der Waals surface area contributed by atoms with Gasteiger partial charge in [-0.05, 0) is 45.8 Å². The molecule has 1 saturated heterocycles. The Morgan fingerprint density at radius 3 is 2.38 bits per heavy atom. The number of rotatable bonds is 7. The molecule has 1 aliphatic rings. The van der Waals surface area contributed by atoms with Crippen LogP contribution in [0.25, 0.3) is 0 Å². The maximum Gasteiger partial charge on any atom is 0.173 e. The second-order valence-electron chi connectivity index (χ2n) is 8.03. The highest BCUT2D eigenvalue weighted by molar-refractivity contribution is 5.26. The van der Waals surface area contributed by atoms with Crippen LogP contribution in [-0.4, -0.2) is 56.2 Å². The van der Waals surface area contributed by atoms with E-state index >= 15 is 0 Å². The van der Waals surface area contributed by atoms with E-state index in [9.17, 15) is 4.39 Å². The smallest absolute Gasteiger partial charge is 0.173 e. The monoisotopic (exact) mass is 432 g/mol. The third kappa shape index (κ3) is 4.61. The van der Waals surface area contributed by atoms with Gasteiger partial charge in [0.05, 0.1) is 12.3 Å².